The average Bonchev–Trinajstić information content (AvgIpc) is 2.98. The molecule has 1 atom stereocenters. The summed E-state index contributed by atoms with van der Waals surface area (Å²) in [6, 6.07) is 5.22. The van der Waals surface area contributed by atoms with Crippen LogP contribution in [0.5, 0.6) is 5.75 Å². The molecule has 0 unspecified atom stereocenters. The first-order valence-corrected chi connectivity index (χ1v) is 10.00. The molecule has 1 aliphatic rings. The minimum Gasteiger partial charge on any atom is -0.484 e. The van der Waals surface area contributed by atoms with Gasteiger partial charge < -0.3 is 14.8 Å². The second kappa shape index (κ2) is 8.31. The number of hydrogen-bond acceptors (Lipinski definition) is 5. The van der Waals surface area contributed by atoms with Gasteiger partial charge in [-0.1, -0.05) is 18.5 Å². The van der Waals surface area contributed by atoms with Crippen LogP contribution in [0.3, 0.4) is 0 Å². The summed E-state index contributed by atoms with van der Waals surface area (Å²) in [6.07, 6.45) is 2.77. The van der Waals surface area contributed by atoms with Crippen LogP contribution in [-0.4, -0.2) is 25.6 Å². The van der Waals surface area contributed by atoms with Gasteiger partial charge in [0.15, 0.2) is 6.61 Å². The lowest BCUT2D eigenvalue weighted by molar-refractivity contribution is -0.118. The van der Waals surface area contributed by atoms with Crippen molar-refractivity contribution in [3.05, 3.63) is 44.8 Å². The summed E-state index contributed by atoms with van der Waals surface area (Å²) in [6.45, 7) is 3.91. The highest BCUT2D eigenvalue weighted by atomic mass is 35.5. The number of methoxy groups -OCH3 is 1. The third-order valence-electron chi connectivity index (χ3n) is 4.65. The molecule has 144 valence electrons. The first-order chi connectivity index (χ1) is 12.9. The van der Waals surface area contributed by atoms with Gasteiger partial charge in [0.1, 0.15) is 10.8 Å². The number of amides is 1. The first-order valence-electron chi connectivity index (χ1n) is 8.80. The Balaban J connectivity index is 1.73. The summed E-state index contributed by atoms with van der Waals surface area (Å²) in [5.41, 5.74) is 2.37. The topological polar surface area (TPSA) is 64.6 Å². The second-order valence-electron chi connectivity index (χ2n) is 6.80. The summed E-state index contributed by atoms with van der Waals surface area (Å²) in [4.78, 5) is 25.8. The number of anilines is 1. The minimum absolute atomic E-state index is 0.152. The molecule has 27 heavy (non-hydrogen) atoms. The van der Waals surface area contributed by atoms with Gasteiger partial charge in [-0.15, -0.1) is 11.3 Å². The Morgan fingerprint density at radius 3 is 2.85 bits per heavy atom. The summed E-state index contributed by atoms with van der Waals surface area (Å²) >= 11 is 7.45. The van der Waals surface area contributed by atoms with Gasteiger partial charge in [0.2, 0.25) is 0 Å². The van der Waals surface area contributed by atoms with Crippen LogP contribution < -0.4 is 10.1 Å². The van der Waals surface area contributed by atoms with Crippen molar-refractivity contribution in [2.24, 2.45) is 5.92 Å². The maximum Gasteiger partial charge on any atom is 0.341 e. The van der Waals surface area contributed by atoms with Crippen LogP contribution in [0.15, 0.2) is 18.2 Å². The Hall–Kier alpha value is -2.05. The van der Waals surface area contributed by atoms with E-state index in [1.54, 1.807) is 18.2 Å². The maximum absolute atomic E-state index is 12.4. The molecule has 2 aromatic rings. The third-order valence-corrected chi connectivity index (χ3v) is 6.25. The molecule has 1 N–H and O–H groups in total. The number of aryl methyl sites for hydroxylation is 1. The van der Waals surface area contributed by atoms with E-state index in [4.69, 9.17) is 21.1 Å². The van der Waals surface area contributed by atoms with Crippen LogP contribution in [0, 0.1) is 12.8 Å². The van der Waals surface area contributed by atoms with E-state index in [0.717, 1.165) is 35.3 Å². The van der Waals surface area contributed by atoms with Crippen LogP contribution in [0.1, 0.15) is 39.7 Å². The van der Waals surface area contributed by atoms with Crippen molar-refractivity contribution in [2.45, 2.75) is 33.1 Å². The monoisotopic (exact) mass is 407 g/mol. The smallest absolute Gasteiger partial charge is 0.341 e. The molecule has 0 saturated carbocycles. The summed E-state index contributed by atoms with van der Waals surface area (Å²) in [5.74, 6) is 0.409. The SMILES string of the molecule is COC(=O)c1c(NC(=O)COc2ccc(Cl)c(C)c2)sc2c1CC[C@H](C)C2. The predicted molar refractivity (Wildman–Crippen MR) is 107 cm³/mol. The van der Waals surface area contributed by atoms with Crippen molar-refractivity contribution in [2.75, 3.05) is 19.0 Å². The lowest BCUT2D eigenvalue weighted by Crippen LogP contribution is -2.21. The first kappa shape index (κ1) is 19.7. The Labute approximate surface area is 167 Å². The number of halogens is 1. The normalized spacial score (nSPS) is 15.8. The number of fused-ring (bicyclic) bond motifs is 1. The third kappa shape index (κ3) is 4.45. The zero-order valence-corrected chi connectivity index (χ0v) is 17.1. The molecule has 3 rings (SSSR count). The molecule has 7 heteroatoms. The molecule has 1 aromatic carbocycles. The Morgan fingerprint density at radius 2 is 2.15 bits per heavy atom. The minimum atomic E-state index is -0.411. The standard InChI is InChI=1S/C20H22ClNO4S/c1-11-4-6-14-16(8-11)27-19(18(14)20(24)25-3)22-17(23)10-26-13-5-7-15(21)12(2)9-13/h5,7,9,11H,4,6,8,10H2,1-3H3,(H,22,23)/t11-/m0/s1. The number of benzene rings is 1. The van der Waals surface area contributed by atoms with Crippen LogP contribution in [0.4, 0.5) is 5.00 Å². The van der Waals surface area contributed by atoms with E-state index >= 15 is 0 Å². The Kier molecular flexibility index (Phi) is 6.07. The van der Waals surface area contributed by atoms with Crippen molar-refractivity contribution in [3.8, 4) is 5.75 Å². The number of esters is 1. The zero-order chi connectivity index (χ0) is 19.6. The highest BCUT2D eigenvalue weighted by Gasteiger charge is 2.28. The molecule has 1 aliphatic carbocycles. The summed E-state index contributed by atoms with van der Waals surface area (Å²) in [7, 11) is 1.36. The quantitative estimate of drug-likeness (QED) is 0.733. The summed E-state index contributed by atoms with van der Waals surface area (Å²) in [5, 5.41) is 4.01. The van der Waals surface area contributed by atoms with Gasteiger partial charge in [-0.05, 0) is 61.4 Å². The number of carbonyl (C=O) groups is 2. The van der Waals surface area contributed by atoms with Gasteiger partial charge in [-0.2, -0.15) is 0 Å². The van der Waals surface area contributed by atoms with E-state index in [2.05, 4.69) is 12.2 Å². The molecule has 5 nitrogen and oxygen atoms in total. The fourth-order valence-electron chi connectivity index (χ4n) is 3.18. The van der Waals surface area contributed by atoms with E-state index in [1.165, 1.54) is 18.4 Å². The van der Waals surface area contributed by atoms with Crippen molar-refractivity contribution >= 4 is 39.8 Å². The fraction of sp³-hybridized carbons (Fsp3) is 0.400. The van der Waals surface area contributed by atoms with Gasteiger partial charge in [-0.25, -0.2) is 4.79 Å². The van der Waals surface area contributed by atoms with Crippen molar-refractivity contribution in [1.82, 2.24) is 0 Å². The Bertz CT molecular complexity index is 877. The second-order valence-corrected chi connectivity index (χ2v) is 8.31. The van der Waals surface area contributed by atoms with Gasteiger partial charge in [0.05, 0.1) is 12.7 Å². The molecule has 1 heterocycles. The van der Waals surface area contributed by atoms with Crippen LogP contribution in [0.25, 0.3) is 0 Å². The van der Waals surface area contributed by atoms with Crippen molar-refractivity contribution in [1.29, 1.82) is 0 Å². The van der Waals surface area contributed by atoms with Gasteiger partial charge in [0, 0.05) is 9.90 Å². The average molecular weight is 408 g/mol. The molecule has 1 amide bonds. The molecular formula is C20H22ClNO4S. The number of rotatable bonds is 5. The predicted octanol–water partition coefficient (Wildman–Crippen LogP) is 4.64. The lowest BCUT2D eigenvalue weighted by Gasteiger charge is -2.18. The van der Waals surface area contributed by atoms with Gasteiger partial charge in [0.25, 0.3) is 5.91 Å². The molecular weight excluding hydrogens is 386 g/mol. The van der Waals surface area contributed by atoms with Gasteiger partial charge >= 0.3 is 5.97 Å². The number of ether oxygens (including phenoxy) is 2. The zero-order valence-electron chi connectivity index (χ0n) is 15.6. The van der Waals surface area contributed by atoms with Crippen molar-refractivity contribution in [3.63, 3.8) is 0 Å². The molecule has 0 fully saturated rings. The number of hydrogen-bond donors (Lipinski definition) is 1. The number of nitrogens with one attached hydrogen (secondary N) is 1. The van der Waals surface area contributed by atoms with E-state index < -0.39 is 5.97 Å². The number of thiophene rings is 1. The van der Waals surface area contributed by atoms with Gasteiger partial charge in [-0.3, -0.25) is 4.79 Å². The van der Waals surface area contributed by atoms with E-state index in [0.29, 0.717) is 27.3 Å². The van der Waals surface area contributed by atoms with Crippen LogP contribution >= 0.6 is 22.9 Å². The van der Waals surface area contributed by atoms with E-state index in [9.17, 15) is 9.59 Å². The molecule has 0 bridgehead atoms. The highest BCUT2D eigenvalue weighted by molar-refractivity contribution is 7.17. The molecule has 0 spiro atoms. The van der Waals surface area contributed by atoms with Crippen molar-refractivity contribution < 1.29 is 19.1 Å². The Morgan fingerprint density at radius 1 is 1.37 bits per heavy atom. The molecule has 0 saturated heterocycles. The van der Waals surface area contributed by atoms with E-state index in [1.807, 2.05) is 6.92 Å². The molecule has 1 aromatic heterocycles. The summed E-state index contributed by atoms with van der Waals surface area (Å²) < 4.78 is 10.5. The fourth-order valence-corrected chi connectivity index (χ4v) is 4.71. The lowest BCUT2D eigenvalue weighted by atomic mass is 9.88. The van der Waals surface area contributed by atoms with Crippen LogP contribution in [0.2, 0.25) is 5.02 Å². The largest absolute Gasteiger partial charge is 0.484 e. The maximum atomic E-state index is 12.4. The molecule has 0 radical (unpaired) electrons. The number of carbonyl (C=O) groups excluding carboxylic acids is 2. The van der Waals surface area contributed by atoms with E-state index in [-0.39, 0.29) is 12.5 Å². The van der Waals surface area contributed by atoms with Crippen LogP contribution in [-0.2, 0) is 22.4 Å². The highest BCUT2D eigenvalue weighted by Crippen LogP contribution is 2.40. The molecule has 0 aliphatic heterocycles.